The number of halogens is 1. The lowest BCUT2D eigenvalue weighted by Gasteiger charge is -2.08. The van der Waals surface area contributed by atoms with E-state index in [0.717, 1.165) is 19.4 Å². The number of anilines is 1. The highest BCUT2D eigenvalue weighted by Gasteiger charge is 2.17. The third-order valence-corrected chi connectivity index (χ3v) is 4.83. The number of nitrogens with one attached hydrogen (secondary N) is 1. The first-order chi connectivity index (χ1) is 11.0. The Morgan fingerprint density at radius 3 is 3.04 bits per heavy atom. The molecule has 2 heterocycles. The van der Waals surface area contributed by atoms with Crippen molar-refractivity contribution >= 4 is 15.7 Å². The smallest absolute Gasteiger partial charge is 0.237 e. The second-order valence-corrected chi connectivity index (χ2v) is 7.30. The van der Waals surface area contributed by atoms with Gasteiger partial charge in [-0.25, -0.2) is 12.8 Å². The SMILES string of the molecule is O=S(=O)(Cc1cccc(F)c1)Nc1cnn(CC2CCCO2)c1. The molecule has 3 rings (SSSR count). The van der Waals surface area contributed by atoms with Gasteiger partial charge in [0.1, 0.15) is 5.82 Å². The Balaban J connectivity index is 1.62. The summed E-state index contributed by atoms with van der Waals surface area (Å²) in [6, 6.07) is 5.54. The molecule has 1 aromatic heterocycles. The van der Waals surface area contributed by atoms with Gasteiger partial charge in [-0.15, -0.1) is 0 Å². The summed E-state index contributed by atoms with van der Waals surface area (Å²) in [7, 11) is -3.62. The first-order valence-electron chi connectivity index (χ1n) is 7.39. The Kier molecular flexibility index (Phi) is 4.63. The molecule has 0 saturated carbocycles. The number of hydrogen-bond donors (Lipinski definition) is 1. The van der Waals surface area contributed by atoms with Crippen molar-refractivity contribution in [1.82, 2.24) is 9.78 Å². The lowest BCUT2D eigenvalue weighted by molar-refractivity contribution is 0.0940. The van der Waals surface area contributed by atoms with Crippen LogP contribution in [0.1, 0.15) is 18.4 Å². The topological polar surface area (TPSA) is 73.2 Å². The van der Waals surface area contributed by atoms with E-state index < -0.39 is 15.8 Å². The van der Waals surface area contributed by atoms with Gasteiger partial charge >= 0.3 is 0 Å². The molecule has 0 spiro atoms. The van der Waals surface area contributed by atoms with Crippen LogP contribution in [-0.2, 0) is 27.1 Å². The molecule has 2 aromatic rings. The highest BCUT2D eigenvalue weighted by atomic mass is 32.2. The van der Waals surface area contributed by atoms with Crippen molar-refractivity contribution in [3.63, 3.8) is 0 Å². The van der Waals surface area contributed by atoms with Gasteiger partial charge in [0.05, 0.1) is 30.3 Å². The van der Waals surface area contributed by atoms with Gasteiger partial charge in [-0.05, 0) is 30.5 Å². The van der Waals surface area contributed by atoms with Crippen molar-refractivity contribution < 1.29 is 17.5 Å². The number of hydrogen-bond acceptors (Lipinski definition) is 4. The monoisotopic (exact) mass is 339 g/mol. The summed E-state index contributed by atoms with van der Waals surface area (Å²) in [4.78, 5) is 0. The van der Waals surface area contributed by atoms with Crippen LogP contribution in [0.15, 0.2) is 36.7 Å². The van der Waals surface area contributed by atoms with Gasteiger partial charge in [-0.3, -0.25) is 9.40 Å². The Morgan fingerprint density at radius 1 is 1.43 bits per heavy atom. The van der Waals surface area contributed by atoms with Crippen LogP contribution in [0, 0.1) is 5.82 Å². The van der Waals surface area contributed by atoms with Crippen LogP contribution in [0.2, 0.25) is 0 Å². The molecule has 1 aliphatic heterocycles. The number of ether oxygens (including phenoxy) is 1. The van der Waals surface area contributed by atoms with Crippen LogP contribution in [-0.4, -0.2) is 30.9 Å². The number of aromatic nitrogens is 2. The summed E-state index contributed by atoms with van der Waals surface area (Å²) in [6.45, 7) is 1.37. The lowest BCUT2D eigenvalue weighted by Crippen LogP contribution is -2.16. The van der Waals surface area contributed by atoms with E-state index in [0.29, 0.717) is 17.8 Å². The Bertz CT molecular complexity index is 770. The van der Waals surface area contributed by atoms with Gasteiger partial charge in [0.2, 0.25) is 10.0 Å². The Morgan fingerprint density at radius 2 is 2.30 bits per heavy atom. The molecular formula is C15H18FN3O3S. The van der Waals surface area contributed by atoms with E-state index in [9.17, 15) is 12.8 Å². The lowest BCUT2D eigenvalue weighted by atomic mass is 10.2. The van der Waals surface area contributed by atoms with Crippen molar-refractivity contribution in [3.05, 3.63) is 48.0 Å². The number of rotatable bonds is 6. The van der Waals surface area contributed by atoms with Gasteiger partial charge in [0, 0.05) is 12.8 Å². The molecule has 0 amide bonds. The highest BCUT2D eigenvalue weighted by molar-refractivity contribution is 7.91. The van der Waals surface area contributed by atoms with Gasteiger partial charge in [-0.2, -0.15) is 5.10 Å². The van der Waals surface area contributed by atoms with Crippen LogP contribution in [0.5, 0.6) is 0 Å². The van der Waals surface area contributed by atoms with Crippen LogP contribution in [0.4, 0.5) is 10.1 Å². The summed E-state index contributed by atoms with van der Waals surface area (Å²) >= 11 is 0. The average molecular weight is 339 g/mol. The second kappa shape index (κ2) is 6.67. The number of benzene rings is 1. The average Bonchev–Trinajstić information content (AvgIpc) is 3.10. The van der Waals surface area contributed by atoms with Crippen LogP contribution >= 0.6 is 0 Å². The molecule has 1 N–H and O–H groups in total. The standard InChI is InChI=1S/C15H18FN3O3S/c16-13-4-1-3-12(7-13)11-23(20,21)18-14-8-17-19(9-14)10-15-5-2-6-22-15/h1,3-4,7-9,15,18H,2,5-6,10-11H2. The largest absolute Gasteiger partial charge is 0.376 e. The fourth-order valence-corrected chi connectivity index (χ4v) is 3.73. The molecular weight excluding hydrogens is 321 g/mol. The van der Waals surface area contributed by atoms with Crippen LogP contribution < -0.4 is 4.72 Å². The molecule has 1 atom stereocenters. The minimum atomic E-state index is -3.62. The minimum absolute atomic E-state index is 0.131. The predicted molar refractivity (Wildman–Crippen MR) is 83.8 cm³/mol. The second-order valence-electron chi connectivity index (χ2n) is 5.58. The molecule has 0 aliphatic carbocycles. The third-order valence-electron chi connectivity index (χ3n) is 3.57. The quantitative estimate of drug-likeness (QED) is 0.875. The summed E-state index contributed by atoms with van der Waals surface area (Å²) in [6.07, 6.45) is 5.24. The molecule has 1 fully saturated rings. The normalized spacial score (nSPS) is 18.2. The van der Waals surface area contributed by atoms with E-state index in [4.69, 9.17) is 4.74 Å². The third kappa shape index (κ3) is 4.52. The summed E-state index contributed by atoms with van der Waals surface area (Å²) in [5, 5.41) is 4.13. The molecule has 8 heteroatoms. The van der Waals surface area contributed by atoms with E-state index in [2.05, 4.69) is 9.82 Å². The number of nitrogens with zero attached hydrogens (tertiary/aromatic N) is 2. The maximum Gasteiger partial charge on any atom is 0.237 e. The van der Waals surface area contributed by atoms with E-state index in [1.165, 1.54) is 24.4 Å². The van der Waals surface area contributed by atoms with E-state index >= 15 is 0 Å². The highest BCUT2D eigenvalue weighted by Crippen LogP contribution is 2.16. The molecule has 1 saturated heterocycles. The van der Waals surface area contributed by atoms with E-state index in [1.807, 2.05) is 0 Å². The minimum Gasteiger partial charge on any atom is -0.376 e. The van der Waals surface area contributed by atoms with Crippen LogP contribution in [0.25, 0.3) is 0 Å². The zero-order chi connectivity index (χ0) is 16.3. The van der Waals surface area contributed by atoms with E-state index in [1.54, 1.807) is 16.9 Å². The van der Waals surface area contributed by atoms with Crippen molar-refractivity contribution in [2.24, 2.45) is 0 Å². The maximum atomic E-state index is 13.1. The first-order valence-corrected chi connectivity index (χ1v) is 9.04. The molecule has 124 valence electrons. The molecule has 1 unspecified atom stereocenters. The molecule has 1 aromatic carbocycles. The van der Waals surface area contributed by atoms with Gasteiger partial charge in [0.15, 0.2) is 0 Å². The van der Waals surface area contributed by atoms with Gasteiger partial charge in [-0.1, -0.05) is 12.1 Å². The van der Waals surface area contributed by atoms with Crippen LogP contribution in [0.3, 0.4) is 0 Å². The molecule has 0 radical (unpaired) electrons. The Labute approximate surface area is 134 Å². The summed E-state index contributed by atoms with van der Waals surface area (Å²) in [5.74, 6) is -0.746. The molecule has 23 heavy (non-hydrogen) atoms. The number of sulfonamides is 1. The summed E-state index contributed by atoms with van der Waals surface area (Å²) in [5.41, 5.74) is 0.781. The zero-order valence-corrected chi connectivity index (χ0v) is 13.3. The first kappa shape index (κ1) is 15.9. The van der Waals surface area contributed by atoms with Crippen molar-refractivity contribution in [3.8, 4) is 0 Å². The van der Waals surface area contributed by atoms with Gasteiger partial charge in [0.25, 0.3) is 0 Å². The molecule has 0 bridgehead atoms. The maximum absolute atomic E-state index is 13.1. The Hall–Kier alpha value is -1.93. The predicted octanol–water partition coefficient (Wildman–Crippen LogP) is 2.14. The van der Waals surface area contributed by atoms with Crippen molar-refractivity contribution in [2.75, 3.05) is 11.3 Å². The van der Waals surface area contributed by atoms with Crippen molar-refractivity contribution in [2.45, 2.75) is 31.2 Å². The van der Waals surface area contributed by atoms with E-state index in [-0.39, 0.29) is 11.9 Å². The zero-order valence-electron chi connectivity index (χ0n) is 12.5. The summed E-state index contributed by atoms with van der Waals surface area (Å²) < 4.78 is 47.0. The fourth-order valence-electron chi connectivity index (χ4n) is 2.57. The van der Waals surface area contributed by atoms with Crippen molar-refractivity contribution in [1.29, 1.82) is 0 Å². The molecule has 1 aliphatic rings. The fraction of sp³-hybridized carbons (Fsp3) is 0.400. The molecule has 6 nitrogen and oxygen atoms in total. The van der Waals surface area contributed by atoms with Gasteiger partial charge < -0.3 is 4.74 Å².